The summed E-state index contributed by atoms with van der Waals surface area (Å²) in [6, 6.07) is 7.11. The van der Waals surface area contributed by atoms with Crippen LogP contribution in [0.1, 0.15) is 32.3 Å². The van der Waals surface area contributed by atoms with Crippen molar-refractivity contribution in [2.45, 2.75) is 32.7 Å². The van der Waals surface area contributed by atoms with Crippen LogP contribution in [0.25, 0.3) is 0 Å². The van der Waals surface area contributed by atoms with Gasteiger partial charge in [0.25, 0.3) is 0 Å². The van der Waals surface area contributed by atoms with Gasteiger partial charge in [-0.2, -0.15) is 5.26 Å². The number of hydrogen-bond acceptors (Lipinski definition) is 2. The van der Waals surface area contributed by atoms with Gasteiger partial charge in [0.15, 0.2) is 0 Å². The third-order valence-electron chi connectivity index (χ3n) is 3.19. The highest BCUT2D eigenvalue weighted by atomic mass is 19.1. The number of halogens is 1. The maximum atomic E-state index is 13.6. The van der Waals surface area contributed by atoms with Crippen LogP contribution in [-0.2, 0) is 0 Å². The Morgan fingerprint density at radius 3 is 2.71 bits per heavy atom. The highest BCUT2D eigenvalue weighted by Crippen LogP contribution is 2.33. The first-order valence-electron chi connectivity index (χ1n) is 6.08. The molecular formula is C14H17FN2. The first-order chi connectivity index (χ1) is 8.13. The Balaban J connectivity index is 2.34. The normalized spacial score (nSPS) is 14.8. The second kappa shape index (κ2) is 4.75. The molecule has 0 bridgehead atoms. The van der Waals surface area contributed by atoms with E-state index < -0.39 is 5.82 Å². The Morgan fingerprint density at radius 1 is 1.47 bits per heavy atom. The van der Waals surface area contributed by atoms with Gasteiger partial charge in [-0.25, -0.2) is 4.39 Å². The van der Waals surface area contributed by atoms with E-state index in [-0.39, 0.29) is 11.6 Å². The fourth-order valence-corrected chi connectivity index (χ4v) is 2.03. The summed E-state index contributed by atoms with van der Waals surface area (Å²) >= 11 is 0. The minimum Gasteiger partial charge on any atom is -0.368 e. The highest BCUT2D eigenvalue weighted by Gasteiger charge is 2.27. The molecule has 1 aliphatic rings. The molecular weight excluding hydrogens is 215 g/mol. The molecule has 0 aromatic heterocycles. The van der Waals surface area contributed by atoms with Gasteiger partial charge in [0.1, 0.15) is 17.4 Å². The molecule has 1 aromatic carbocycles. The molecule has 1 aliphatic carbocycles. The topological polar surface area (TPSA) is 27.0 Å². The quantitative estimate of drug-likeness (QED) is 0.796. The zero-order chi connectivity index (χ0) is 12.4. The number of rotatable bonds is 4. The van der Waals surface area contributed by atoms with Gasteiger partial charge >= 0.3 is 0 Å². The van der Waals surface area contributed by atoms with Gasteiger partial charge in [-0.05, 0) is 44.7 Å². The van der Waals surface area contributed by atoms with Crippen molar-refractivity contribution in [1.82, 2.24) is 0 Å². The second-order valence-corrected chi connectivity index (χ2v) is 4.94. The lowest BCUT2D eigenvalue weighted by molar-refractivity contribution is 0.612. The smallest absolute Gasteiger partial charge is 0.143 e. The Kier molecular flexibility index (Phi) is 3.33. The van der Waals surface area contributed by atoms with Crippen molar-refractivity contribution < 1.29 is 4.39 Å². The SMILES string of the molecule is CC(C)N(CC1CC1)c1cccc(F)c1C#N. The molecule has 1 aromatic rings. The maximum absolute atomic E-state index is 13.6. The van der Waals surface area contributed by atoms with E-state index in [1.807, 2.05) is 12.1 Å². The Bertz CT molecular complexity index is 444. The number of hydrogen-bond donors (Lipinski definition) is 0. The largest absolute Gasteiger partial charge is 0.368 e. The minimum atomic E-state index is -0.425. The molecule has 0 unspecified atom stereocenters. The molecule has 0 N–H and O–H groups in total. The van der Waals surface area contributed by atoms with Crippen molar-refractivity contribution in [1.29, 1.82) is 5.26 Å². The van der Waals surface area contributed by atoms with Gasteiger partial charge in [-0.3, -0.25) is 0 Å². The molecule has 3 heteroatoms. The summed E-state index contributed by atoms with van der Waals surface area (Å²) in [6.07, 6.45) is 2.50. The molecule has 17 heavy (non-hydrogen) atoms. The van der Waals surface area contributed by atoms with Crippen LogP contribution < -0.4 is 4.90 Å². The van der Waals surface area contributed by atoms with Gasteiger partial charge in [-0.15, -0.1) is 0 Å². The maximum Gasteiger partial charge on any atom is 0.143 e. The van der Waals surface area contributed by atoms with Crippen molar-refractivity contribution in [3.05, 3.63) is 29.6 Å². The van der Waals surface area contributed by atoms with Crippen LogP contribution in [0.3, 0.4) is 0 Å². The average Bonchev–Trinajstić information content (AvgIpc) is 3.09. The number of nitriles is 1. The summed E-state index contributed by atoms with van der Waals surface area (Å²) in [5, 5.41) is 9.06. The van der Waals surface area contributed by atoms with E-state index in [2.05, 4.69) is 18.7 Å². The fraction of sp³-hybridized carbons (Fsp3) is 0.500. The first-order valence-corrected chi connectivity index (χ1v) is 6.08. The fourth-order valence-electron chi connectivity index (χ4n) is 2.03. The zero-order valence-electron chi connectivity index (χ0n) is 10.3. The van der Waals surface area contributed by atoms with Crippen molar-refractivity contribution in [2.75, 3.05) is 11.4 Å². The summed E-state index contributed by atoms with van der Waals surface area (Å²) < 4.78 is 13.6. The molecule has 90 valence electrons. The first kappa shape index (κ1) is 11.9. The van der Waals surface area contributed by atoms with Gasteiger partial charge < -0.3 is 4.90 Å². The molecule has 2 nitrogen and oxygen atoms in total. The van der Waals surface area contributed by atoms with Crippen LogP contribution in [0.2, 0.25) is 0 Å². The van der Waals surface area contributed by atoms with E-state index in [1.54, 1.807) is 6.07 Å². The summed E-state index contributed by atoms with van der Waals surface area (Å²) in [5.74, 6) is 0.290. The van der Waals surface area contributed by atoms with Crippen LogP contribution in [0.15, 0.2) is 18.2 Å². The molecule has 0 aliphatic heterocycles. The highest BCUT2D eigenvalue weighted by molar-refractivity contribution is 5.60. The average molecular weight is 232 g/mol. The van der Waals surface area contributed by atoms with Crippen molar-refractivity contribution >= 4 is 5.69 Å². The molecule has 0 atom stereocenters. The predicted molar refractivity (Wildman–Crippen MR) is 66.3 cm³/mol. The second-order valence-electron chi connectivity index (χ2n) is 4.94. The lowest BCUT2D eigenvalue weighted by Crippen LogP contribution is -2.33. The Labute approximate surface area is 102 Å². The standard InChI is InChI=1S/C14H17FN2/c1-10(2)17(9-11-6-7-11)14-5-3-4-13(15)12(14)8-16/h3-5,10-11H,6-7,9H2,1-2H3. The zero-order valence-corrected chi connectivity index (χ0v) is 10.3. The molecule has 0 spiro atoms. The van der Waals surface area contributed by atoms with Gasteiger partial charge in [0.2, 0.25) is 0 Å². The predicted octanol–water partition coefficient (Wildman–Crippen LogP) is 3.32. The number of nitrogens with zero attached hydrogens (tertiary/aromatic N) is 2. The van der Waals surface area contributed by atoms with Crippen LogP contribution in [0.4, 0.5) is 10.1 Å². The molecule has 1 fully saturated rings. The van der Waals surface area contributed by atoms with E-state index in [0.29, 0.717) is 5.92 Å². The van der Waals surface area contributed by atoms with Crippen LogP contribution in [0, 0.1) is 23.1 Å². The van der Waals surface area contributed by atoms with Gasteiger partial charge in [0, 0.05) is 12.6 Å². The lowest BCUT2D eigenvalue weighted by Gasteiger charge is -2.30. The third kappa shape index (κ3) is 2.58. The Morgan fingerprint density at radius 2 is 2.18 bits per heavy atom. The minimum absolute atomic E-state index is 0.168. The van der Waals surface area contributed by atoms with Gasteiger partial charge in [-0.1, -0.05) is 6.07 Å². The molecule has 0 saturated heterocycles. The Hall–Kier alpha value is -1.56. The number of benzene rings is 1. The van der Waals surface area contributed by atoms with Gasteiger partial charge in [0.05, 0.1) is 5.69 Å². The number of anilines is 1. The van der Waals surface area contributed by atoms with E-state index >= 15 is 0 Å². The summed E-state index contributed by atoms with van der Waals surface area (Å²) in [6.45, 7) is 5.08. The van der Waals surface area contributed by atoms with Crippen molar-refractivity contribution in [3.8, 4) is 6.07 Å². The summed E-state index contributed by atoms with van der Waals surface area (Å²) in [4.78, 5) is 2.14. The van der Waals surface area contributed by atoms with Crippen molar-refractivity contribution in [2.24, 2.45) is 5.92 Å². The molecule has 1 saturated carbocycles. The molecule has 0 heterocycles. The van der Waals surface area contributed by atoms with E-state index in [4.69, 9.17) is 5.26 Å². The summed E-state index contributed by atoms with van der Waals surface area (Å²) in [7, 11) is 0. The summed E-state index contributed by atoms with van der Waals surface area (Å²) in [5.41, 5.74) is 0.899. The lowest BCUT2D eigenvalue weighted by atomic mass is 10.1. The molecule has 0 radical (unpaired) electrons. The van der Waals surface area contributed by atoms with E-state index in [1.165, 1.54) is 18.9 Å². The van der Waals surface area contributed by atoms with E-state index in [9.17, 15) is 4.39 Å². The van der Waals surface area contributed by atoms with E-state index in [0.717, 1.165) is 12.2 Å². The monoisotopic (exact) mass is 232 g/mol. The van der Waals surface area contributed by atoms with Crippen LogP contribution in [-0.4, -0.2) is 12.6 Å². The molecule has 0 amide bonds. The van der Waals surface area contributed by atoms with Crippen molar-refractivity contribution in [3.63, 3.8) is 0 Å². The molecule has 2 rings (SSSR count). The third-order valence-corrected chi connectivity index (χ3v) is 3.19. The van der Waals surface area contributed by atoms with Crippen LogP contribution >= 0.6 is 0 Å². The van der Waals surface area contributed by atoms with Crippen LogP contribution in [0.5, 0.6) is 0 Å².